The van der Waals surface area contributed by atoms with Crippen LogP contribution in [0.4, 0.5) is 0 Å². The average Bonchev–Trinajstić information content (AvgIpc) is 1.68. The molecule has 9 heavy (non-hydrogen) atoms. The van der Waals surface area contributed by atoms with Crippen molar-refractivity contribution in [2.45, 2.75) is 7.43 Å². The highest BCUT2D eigenvalue weighted by molar-refractivity contribution is 7.81. The van der Waals surface area contributed by atoms with Gasteiger partial charge in [-0.25, -0.2) is 0 Å². The topological polar surface area (TPSA) is 52.6 Å². The average molecular weight is 179 g/mol. The Balaban J connectivity index is -0.000000180. The molecule has 0 N–H and O–H groups in total. The molecule has 0 heterocycles. The predicted molar refractivity (Wildman–Crippen MR) is 36.9 cm³/mol. The summed E-state index contributed by atoms with van der Waals surface area (Å²) in [6.07, 6.45) is 0. The quantitative estimate of drug-likeness (QED) is 0.621. The summed E-state index contributed by atoms with van der Waals surface area (Å²) in [5.74, 6) is 0. The fourth-order valence-electron chi connectivity index (χ4n) is 0.0680. The molecule has 0 fully saturated rings. The molecule has 0 atom stereocenters. The Kier molecular flexibility index (Phi) is 11.2. The maximum atomic E-state index is 9.92. The number of hydrogen-bond donors (Lipinski definition) is 0. The van der Waals surface area contributed by atoms with E-state index in [1.807, 2.05) is 0 Å². The van der Waals surface area contributed by atoms with Crippen molar-refractivity contribution in [2.75, 3.05) is 14.2 Å². The van der Waals surface area contributed by atoms with E-state index < -0.39 is 10.4 Å². The van der Waals surface area contributed by atoms with E-state index in [1.54, 1.807) is 0 Å². The predicted octanol–water partition coefficient (Wildman–Crippen LogP) is 0.582. The third kappa shape index (κ3) is 8.16. The second-order valence-corrected chi connectivity index (χ2v) is 2.22. The van der Waals surface area contributed by atoms with Crippen LogP contribution in [-0.4, -0.2) is 22.6 Å². The maximum Gasteiger partial charge on any atom is 0.399 e. The summed E-state index contributed by atoms with van der Waals surface area (Å²) in [6, 6.07) is 0. The largest absolute Gasteiger partial charge is 0.399 e. The Labute approximate surface area is 61.9 Å². The molecule has 0 aliphatic heterocycles. The van der Waals surface area contributed by atoms with Crippen LogP contribution in [0.3, 0.4) is 0 Å². The fourth-order valence-corrected chi connectivity index (χ4v) is 0.204. The lowest BCUT2D eigenvalue weighted by Gasteiger charge is -1.91. The Morgan fingerprint density at radius 2 is 1.33 bits per heavy atom. The fraction of sp³-hybridized carbons (Fsp3) is 1.00. The normalized spacial score (nSPS) is 9.11. The standard InChI is InChI=1S/C2H6O4S.CH4.ClH/c1-5-7(3,4)6-2;;/h1-2H3;1H4;1H. The first-order chi connectivity index (χ1) is 3.12. The minimum atomic E-state index is -3.66. The van der Waals surface area contributed by atoms with Crippen LogP contribution in [0.5, 0.6) is 0 Å². The molecule has 60 valence electrons. The number of rotatable bonds is 2. The Hall–Kier alpha value is 0.160. The molecular weight excluding hydrogens is 168 g/mol. The molecule has 0 radical (unpaired) electrons. The number of halogens is 1. The molecule has 0 saturated carbocycles. The van der Waals surface area contributed by atoms with Gasteiger partial charge in [-0.1, -0.05) is 7.43 Å². The molecule has 0 aromatic heterocycles. The van der Waals surface area contributed by atoms with Crippen molar-refractivity contribution in [1.29, 1.82) is 0 Å². The van der Waals surface area contributed by atoms with E-state index in [4.69, 9.17) is 0 Å². The Morgan fingerprint density at radius 1 is 1.11 bits per heavy atom. The van der Waals surface area contributed by atoms with E-state index in [0.717, 1.165) is 14.2 Å². The van der Waals surface area contributed by atoms with Crippen molar-refractivity contribution in [3.63, 3.8) is 0 Å². The van der Waals surface area contributed by atoms with E-state index in [2.05, 4.69) is 8.37 Å². The van der Waals surface area contributed by atoms with Gasteiger partial charge >= 0.3 is 10.4 Å². The van der Waals surface area contributed by atoms with Gasteiger partial charge in [0.1, 0.15) is 0 Å². The van der Waals surface area contributed by atoms with Crippen molar-refractivity contribution in [3.05, 3.63) is 0 Å². The zero-order valence-corrected chi connectivity index (χ0v) is 6.08. The molecule has 0 rings (SSSR count). The SMILES string of the molecule is C.COS(=O)(=O)OC.Cl. The van der Waals surface area contributed by atoms with E-state index in [-0.39, 0.29) is 19.8 Å². The van der Waals surface area contributed by atoms with Crippen molar-refractivity contribution in [1.82, 2.24) is 0 Å². The first-order valence-corrected chi connectivity index (χ1v) is 2.82. The van der Waals surface area contributed by atoms with Crippen molar-refractivity contribution in [2.24, 2.45) is 0 Å². The van der Waals surface area contributed by atoms with Crippen molar-refractivity contribution >= 4 is 22.8 Å². The van der Waals surface area contributed by atoms with E-state index in [9.17, 15) is 8.42 Å². The van der Waals surface area contributed by atoms with Gasteiger partial charge in [-0.05, 0) is 0 Å². The third-order valence-electron chi connectivity index (χ3n) is 0.408. The van der Waals surface area contributed by atoms with Gasteiger partial charge in [-0.2, -0.15) is 8.42 Å². The highest BCUT2D eigenvalue weighted by atomic mass is 35.5. The molecule has 0 aromatic rings. The lowest BCUT2D eigenvalue weighted by molar-refractivity contribution is 0.286. The minimum absolute atomic E-state index is 0. The molecule has 0 aliphatic rings. The molecule has 0 aliphatic carbocycles. The van der Waals surface area contributed by atoms with Gasteiger partial charge in [0.2, 0.25) is 0 Å². The van der Waals surface area contributed by atoms with Crippen LogP contribution in [0.1, 0.15) is 7.43 Å². The molecule has 6 heteroatoms. The molecule has 0 spiro atoms. The van der Waals surface area contributed by atoms with Crippen LogP contribution in [-0.2, 0) is 18.8 Å². The summed E-state index contributed by atoms with van der Waals surface area (Å²) >= 11 is 0. The lowest BCUT2D eigenvalue weighted by Crippen LogP contribution is -2.02. The second-order valence-electron chi connectivity index (χ2n) is 0.742. The van der Waals surface area contributed by atoms with Gasteiger partial charge in [0.05, 0.1) is 14.2 Å². The highest BCUT2D eigenvalue weighted by Gasteiger charge is 2.01. The van der Waals surface area contributed by atoms with Gasteiger partial charge in [0.25, 0.3) is 0 Å². The van der Waals surface area contributed by atoms with Gasteiger partial charge in [-0.15, -0.1) is 12.4 Å². The molecule has 0 saturated heterocycles. The monoisotopic (exact) mass is 178 g/mol. The zero-order valence-electron chi connectivity index (χ0n) is 4.45. The van der Waals surface area contributed by atoms with E-state index in [1.165, 1.54) is 0 Å². The van der Waals surface area contributed by atoms with Gasteiger partial charge < -0.3 is 0 Å². The van der Waals surface area contributed by atoms with Crippen LogP contribution >= 0.6 is 12.4 Å². The maximum absolute atomic E-state index is 9.92. The Bertz CT molecular complexity index is 119. The summed E-state index contributed by atoms with van der Waals surface area (Å²) in [6.45, 7) is 0. The van der Waals surface area contributed by atoms with E-state index in [0.29, 0.717) is 0 Å². The molecule has 0 bridgehead atoms. The van der Waals surface area contributed by atoms with Crippen LogP contribution < -0.4 is 0 Å². The number of hydrogen-bond acceptors (Lipinski definition) is 4. The summed E-state index contributed by atoms with van der Waals surface area (Å²) in [5.41, 5.74) is 0. The molecule has 0 amide bonds. The van der Waals surface area contributed by atoms with Crippen LogP contribution in [0, 0.1) is 0 Å². The van der Waals surface area contributed by atoms with Gasteiger partial charge in [0.15, 0.2) is 0 Å². The first-order valence-electron chi connectivity index (χ1n) is 1.48. The van der Waals surface area contributed by atoms with Gasteiger partial charge in [0, 0.05) is 0 Å². The van der Waals surface area contributed by atoms with Crippen LogP contribution in [0.15, 0.2) is 0 Å². The van der Waals surface area contributed by atoms with E-state index >= 15 is 0 Å². The summed E-state index contributed by atoms with van der Waals surface area (Å²) in [7, 11) is -1.60. The Morgan fingerprint density at radius 3 is 1.33 bits per heavy atom. The first kappa shape index (κ1) is 16.1. The molecular formula is C3H11ClO4S. The second kappa shape index (κ2) is 6.28. The summed E-state index contributed by atoms with van der Waals surface area (Å²) < 4.78 is 27.5. The summed E-state index contributed by atoms with van der Waals surface area (Å²) in [4.78, 5) is 0. The minimum Gasteiger partial charge on any atom is -0.252 e. The van der Waals surface area contributed by atoms with Gasteiger partial charge in [-0.3, -0.25) is 8.37 Å². The van der Waals surface area contributed by atoms with Crippen LogP contribution in [0.25, 0.3) is 0 Å². The smallest absolute Gasteiger partial charge is 0.252 e. The zero-order chi connectivity index (χ0) is 5.91. The lowest BCUT2D eigenvalue weighted by atomic mass is 11.8. The molecule has 0 unspecified atom stereocenters. The summed E-state index contributed by atoms with van der Waals surface area (Å²) in [5, 5.41) is 0. The highest BCUT2D eigenvalue weighted by Crippen LogP contribution is 1.85. The molecule has 4 nitrogen and oxygen atoms in total. The van der Waals surface area contributed by atoms with Crippen LogP contribution in [0.2, 0.25) is 0 Å². The third-order valence-corrected chi connectivity index (χ3v) is 1.22. The van der Waals surface area contributed by atoms with Crippen molar-refractivity contribution in [3.8, 4) is 0 Å². The molecule has 0 aromatic carbocycles. The van der Waals surface area contributed by atoms with Crippen molar-refractivity contribution < 1.29 is 16.8 Å².